The average Bonchev–Trinajstić information content (AvgIpc) is 2.41. The minimum absolute atomic E-state index is 0.149. The van der Waals surface area contributed by atoms with E-state index in [0.717, 1.165) is 13.7 Å². The van der Waals surface area contributed by atoms with Crippen LogP contribution in [-0.4, -0.2) is 13.0 Å². The van der Waals surface area contributed by atoms with Gasteiger partial charge in [-0.1, -0.05) is 0 Å². The van der Waals surface area contributed by atoms with Crippen LogP contribution < -0.4 is 10.1 Å². The molecule has 0 saturated carbocycles. The van der Waals surface area contributed by atoms with Crippen molar-refractivity contribution in [2.75, 3.05) is 12.4 Å². The molecule has 0 aliphatic carbocycles. The Hall–Kier alpha value is -1.08. The van der Waals surface area contributed by atoms with Crippen molar-refractivity contribution in [2.24, 2.45) is 0 Å². The molecule has 98 valence electrons. The van der Waals surface area contributed by atoms with Crippen LogP contribution in [0.25, 0.3) is 0 Å². The molecule has 2 aromatic carbocycles. The number of carbonyl (C=O) groups excluding carboxylic acids is 1. The van der Waals surface area contributed by atoms with Crippen LogP contribution in [0.5, 0.6) is 5.75 Å². The highest BCUT2D eigenvalue weighted by molar-refractivity contribution is 14.1. The van der Waals surface area contributed by atoms with Crippen molar-refractivity contribution in [1.29, 1.82) is 0 Å². The van der Waals surface area contributed by atoms with Crippen molar-refractivity contribution in [1.82, 2.24) is 0 Å². The minimum atomic E-state index is -0.149. The van der Waals surface area contributed by atoms with Crippen LogP contribution in [0.1, 0.15) is 10.4 Å². The van der Waals surface area contributed by atoms with Crippen LogP contribution in [0.2, 0.25) is 0 Å². The molecule has 0 fully saturated rings. The third kappa shape index (κ3) is 3.70. The van der Waals surface area contributed by atoms with Crippen LogP contribution in [0.3, 0.4) is 0 Å². The highest BCUT2D eigenvalue weighted by atomic mass is 127. The van der Waals surface area contributed by atoms with Gasteiger partial charge in [-0.3, -0.25) is 4.79 Å². The Bertz CT molecular complexity index is 599. The van der Waals surface area contributed by atoms with Gasteiger partial charge in [-0.25, -0.2) is 0 Å². The Morgan fingerprint density at radius 3 is 2.47 bits per heavy atom. The maximum atomic E-state index is 12.1. The van der Waals surface area contributed by atoms with Gasteiger partial charge in [0.1, 0.15) is 5.75 Å². The van der Waals surface area contributed by atoms with Crippen LogP contribution in [0, 0.1) is 3.57 Å². The summed E-state index contributed by atoms with van der Waals surface area (Å²) in [6.45, 7) is 0. The predicted octanol–water partition coefficient (Wildman–Crippen LogP) is 4.31. The minimum Gasteiger partial charge on any atom is -0.496 e. The zero-order valence-electron chi connectivity index (χ0n) is 10.1. The lowest BCUT2D eigenvalue weighted by molar-refractivity contribution is 0.102. The lowest BCUT2D eigenvalue weighted by Gasteiger charge is -2.07. The number of halogens is 2. The second-order valence-electron chi connectivity index (χ2n) is 3.81. The van der Waals surface area contributed by atoms with E-state index in [2.05, 4.69) is 43.8 Å². The third-order valence-electron chi connectivity index (χ3n) is 2.52. The van der Waals surface area contributed by atoms with Gasteiger partial charge in [0.15, 0.2) is 0 Å². The molecule has 5 heteroatoms. The summed E-state index contributed by atoms with van der Waals surface area (Å²) in [4.78, 5) is 12.1. The Labute approximate surface area is 133 Å². The van der Waals surface area contributed by atoms with Crippen LogP contribution >= 0.6 is 38.5 Å². The summed E-state index contributed by atoms with van der Waals surface area (Å²) in [5, 5.41) is 2.85. The molecule has 2 aromatic rings. The van der Waals surface area contributed by atoms with Gasteiger partial charge in [0, 0.05) is 14.8 Å². The molecule has 0 aliphatic rings. The van der Waals surface area contributed by atoms with E-state index in [1.807, 2.05) is 24.3 Å². The molecule has 2 rings (SSSR count). The molecular formula is C14H11BrINO2. The van der Waals surface area contributed by atoms with Crippen molar-refractivity contribution in [3.8, 4) is 5.75 Å². The van der Waals surface area contributed by atoms with Gasteiger partial charge < -0.3 is 10.1 Å². The first-order valence-corrected chi connectivity index (χ1v) is 7.38. The van der Waals surface area contributed by atoms with E-state index >= 15 is 0 Å². The molecule has 0 aliphatic heterocycles. The van der Waals surface area contributed by atoms with E-state index in [4.69, 9.17) is 4.74 Å². The summed E-state index contributed by atoms with van der Waals surface area (Å²) in [7, 11) is 1.59. The fourth-order valence-corrected chi connectivity index (χ4v) is 2.44. The van der Waals surface area contributed by atoms with Crippen molar-refractivity contribution >= 4 is 50.1 Å². The van der Waals surface area contributed by atoms with Gasteiger partial charge in [0.2, 0.25) is 0 Å². The number of hydrogen-bond donors (Lipinski definition) is 1. The zero-order chi connectivity index (χ0) is 13.8. The fraction of sp³-hybridized carbons (Fsp3) is 0.0714. The van der Waals surface area contributed by atoms with Crippen molar-refractivity contribution in [2.45, 2.75) is 0 Å². The monoisotopic (exact) mass is 431 g/mol. The lowest BCUT2D eigenvalue weighted by Crippen LogP contribution is -2.11. The van der Waals surface area contributed by atoms with E-state index in [9.17, 15) is 4.79 Å². The molecule has 0 spiro atoms. The summed E-state index contributed by atoms with van der Waals surface area (Å²) in [5.41, 5.74) is 1.35. The molecule has 1 N–H and O–H groups in total. The molecule has 0 aromatic heterocycles. The maximum Gasteiger partial charge on any atom is 0.255 e. The Kier molecular flexibility index (Phi) is 4.81. The van der Waals surface area contributed by atoms with Gasteiger partial charge in [-0.05, 0) is 81.0 Å². The maximum absolute atomic E-state index is 12.1. The van der Waals surface area contributed by atoms with E-state index in [-0.39, 0.29) is 5.91 Å². The number of nitrogens with one attached hydrogen (secondary N) is 1. The molecule has 0 atom stereocenters. The lowest BCUT2D eigenvalue weighted by atomic mass is 10.2. The number of carbonyl (C=O) groups is 1. The van der Waals surface area contributed by atoms with Crippen molar-refractivity contribution in [3.05, 3.63) is 56.1 Å². The molecule has 0 saturated heterocycles. The molecule has 0 bridgehead atoms. The molecular weight excluding hydrogens is 421 g/mol. The van der Waals surface area contributed by atoms with Crippen molar-refractivity contribution < 1.29 is 9.53 Å². The largest absolute Gasteiger partial charge is 0.496 e. The van der Waals surface area contributed by atoms with Gasteiger partial charge in [-0.2, -0.15) is 0 Å². The second-order valence-corrected chi connectivity index (χ2v) is 5.91. The quantitative estimate of drug-likeness (QED) is 0.735. The Morgan fingerprint density at radius 2 is 1.89 bits per heavy atom. The number of methoxy groups -OCH3 is 1. The first-order valence-electron chi connectivity index (χ1n) is 5.50. The molecule has 0 radical (unpaired) electrons. The van der Waals surface area contributed by atoms with E-state index in [0.29, 0.717) is 11.3 Å². The first-order chi connectivity index (χ1) is 9.10. The Balaban J connectivity index is 2.16. The SMILES string of the molecule is COc1ccc(C(=O)Nc2ccc(I)cc2)cc1Br. The fourth-order valence-electron chi connectivity index (χ4n) is 1.54. The van der Waals surface area contributed by atoms with Crippen LogP contribution in [0.15, 0.2) is 46.9 Å². The number of amides is 1. The molecule has 0 unspecified atom stereocenters. The summed E-state index contributed by atoms with van der Waals surface area (Å²) >= 11 is 5.59. The molecule has 3 nitrogen and oxygen atoms in total. The van der Waals surface area contributed by atoms with Gasteiger partial charge in [0.05, 0.1) is 11.6 Å². The van der Waals surface area contributed by atoms with Crippen LogP contribution in [0.4, 0.5) is 5.69 Å². The summed E-state index contributed by atoms with van der Waals surface area (Å²) in [6, 6.07) is 12.9. The summed E-state index contributed by atoms with van der Waals surface area (Å²) in [6.07, 6.45) is 0. The smallest absolute Gasteiger partial charge is 0.255 e. The molecule has 19 heavy (non-hydrogen) atoms. The van der Waals surface area contributed by atoms with Gasteiger partial charge in [0.25, 0.3) is 5.91 Å². The topological polar surface area (TPSA) is 38.3 Å². The van der Waals surface area contributed by atoms with E-state index < -0.39 is 0 Å². The highest BCUT2D eigenvalue weighted by Gasteiger charge is 2.09. The third-order valence-corrected chi connectivity index (χ3v) is 3.85. The number of hydrogen-bond acceptors (Lipinski definition) is 2. The highest BCUT2D eigenvalue weighted by Crippen LogP contribution is 2.25. The zero-order valence-corrected chi connectivity index (χ0v) is 13.9. The first kappa shape index (κ1) is 14.3. The summed E-state index contributed by atoms with van der Waals surface area (Å²) < 4.78 is 7.01. The van der Waals surface area contributed by atoms with Crippen LogP contribution in [-0.2, 0) is 0 Å². The van der Waals surface area contributed by atoms with Gasteiger partial charge >= 0.3 is 0 Å². The number of anilines is 1. The number of rotatable bonds is 3. The van der Waals surface area contributed by atoms with E-state index in [1.165, 1.54) is 0 Å². The number of ether oxygens (including phenoxy) is 1. The van der Waals surface area contributed by atoms with Gasteiger partial charge in [-0.15, -0.1) is 0 Å². The van der Waals surface area contributed by atoms with Crippen molar-refractivity contribution in [3.63, 3.8) is 0 Å². The van der Waals surface area contributed by atoms with E-state index in [1.54, 1.807) is 25.3 Å². The second kappa shape index (κ2) is 6.38. The molecule has 1 amide bonds. The standard InChI is InChI=1S/C14H11BrINO2/c1-19-13-7-2-9(8-12(13)15)14(18)17-11-5-3-10(16)4-6-11/h2-8H,1H3,(H,17,18). The summed E-state index contributed by atoms with van der Waals surface area (Å²) in [5.74, 6) is 0.551. The Morgan fingerprint density at radius 1 is 1.21 bits per heavy atom. The average molecular weight is 432 g/mol. The molecule has 0 heterocycles. The normalized spacial score (nSPS) is 10.1. The predicted molar refractivity (Wildman–Crippen MR) is 87.8 cm³/mol. The number of benzene rings is 2.